The number of nitrogens with zero attached hydrogens (tertiary/aromatic N) is 2. The summed E-state index contributed by atoms with van der Waals surface area (Å²) >= 11 is 1.13. The van der Waals surface area contributed by atoms with Crippen LogP contribution in [-0.2, 0) is 0 Å². The van der Waals surface area contributed by atoms with Crippen molar-refractivity contribution < 1.29 is 9.90 Å². The fourth-order valence-electron chi connectivity index (χ4n) is 0.812. The number of aromatic nitrogens is 2. The molecule has 1 aliphatic carbocycles. The van der Waals surface area contributed by atoms with E-state index in [9.17, 15) is 9.90 Å². The Hall–Kier alpha value is -1.01. The highest BCUT2D eigenvalue weighted by molar-refractivity contribution is 7.13. The summed E-state index contributed by atoms with van der Waals surface area (Å²) in [5, 5.41) is 18.3. The maximum Gasteiger partial charge on any atom is 0.163 e. The largest absolute Gasteiger partial charge is 0.542 e. The van der Waals surface area contributed by atoms with Gasteiger partial charge in [0.1, 0.15) is 11.0 Å². The van der Waals surface area contributed by atoms with Crippen LogP contribution in [0.1, 0.15) is 33.6 Å². The first-order valence-electron chi connectivity index (χ1n) is 3.32. The molecule has 0 aromatic carbocycles. The Morgan fingerprint density at radius 2 is 2.17 bits per heavy atom. The molecule has 12 heavy (non-hydrogen) atoms. The molecule has 4 N–H and O–H groups in total. The second-order valence-corrected chi connectivity index (χ2v) is 3.52. The maximum absolute atomic E-state index is 10.3. The minimum absolute atomic E-state index is 0. The third-order valence-electron chi connectivity index (χ3n) is 1.54. The molecule has 1 aromatic rings. The number of hydrogen-bond donors (Lipinski definition) is 1. The molecule has 0 saturated heterocycles. The number of aromatic carboxylic acids is 1. The van der Waals surface area contributed by atoms with Crippen molar-refractivity contribution in [2.75, 3.05) is 0 Å². The topological polar surface area (TPSA) is 102 Å². The van der Waals surface area contributed by atoms with Gasteiger partial charge in [0.15, 0.2) is 5.01 Å². The Kier molecular flexibility index (Phi) is 2.39. The molecule has 66 valence electrons. The van der Waals surface area contributed by atoms with Crippen LogP contribution in [0.3, 0.4) is 0 Å². The van der Waals surface area contributed by atoms with Crippen molar-refractivity contribution in [1.82, 2.24) is 16.3 Å². The molecule has 0 unspecified atom stereocenters. The number of carbonyl (C=O) groups is 1. The average molecular weight is 187 g/mol. The normalized spacial score (nSPS) is 15.3. The predicted molar refractivity (Wildman–Crippen MR) is 42.2 cm³/mol. The summed E-state index contributed by atoms with van der Waals surface area (Å²) in [7, 11) is 0. The SMILES string of the molecule is O=C([O-])c1nnc(C2CC2)s1.[NH4+]. The second kappa shape index (κ2) is 3.16. The van der Waals surface area contributed by atoms with E-state index in [1.54, 1.807) is 0 Å². The van der Waals surface area contributed by atoms with Gasteiger partial charge in [-0.2, -0.15) is 0 Å². The van der Waals surface area contributed by atoms with Gasteiger partial charge in [-0.1, -0.05) is 11.3 Å². The predicted octanol–water partition coefficient (Wildman–Crippen LogP) is 0.155. The number of hydrogen-bond acceptors (Lipinski definition) is 5. The zero-order chi connectivity index (χ0) is 7.84. The lowest BCUT2D eigenvalue weighted by atomic mass is 10.5. The van der Waals surface area contributed by atoms with Crippen molar-refractivity contribution in [3.8, 4) is 0 Å². The van der Waals surface area contributed by atoms with E-state index in [4.69, 9.17) is 0 Å². The van der Waals surface area contributed by atoms with Crippen molar-refractivity contribution in [3.05, 3.63) is 10.0 Å². The summed E-state index contributed by atoms with van der Waals surface area (Å²) in [6, 6.07) is 0. The molecule has 0 aliphatic heterocycles. The van der Waals surface area contributed by atoms with E-state index < -0.39 is 5.97 Å². The highest BCUT2D eigenvalue weighted by atomic mass is 32.1. The second-order valence-electron chi connectivity index (χ2n) is 2.51. The highest BCUT2D eigenvalue weighted by Gasteiger charge is 2.27. The summed E-state index contributed by atoms with van der Waals surface area (Å²) in [6.45, 7) is 0. The Morgan fingerprint density at radius 3 is 2.58 bits per heavy atom. The molecule has 0 bridgehead atoms. The molecule has 1 saturated carbocycles. The van der Waals surface area contributed by atoms with Crippen LogP contribution in [-0.4, -0.2) is 16.2 Å². The molecule has 1 fully saturated rings. The van der Waals surface area contributed by atoms with Gasteiger partial charge >= 0.3 is 0 Å². The van der Waals surface area contributed by atoms with Gasteiger partial charge in [0, 0.05) is 5.92 Å². The standard InChI is InChI=1S/C6H6N2O2S.H3N/c9-6(10)5-8-7-4(11-5)3-1-2-3;/h3H,1-2H2,(H,9,10);1H3. The van der Waals surface area contributed by atoms with Crippen LogP contribution in [0.5, 0.6) is 0 Å². The first-order valence-corrected chi connectivity index (χ1v) is 4.14. The first-order chi connectivity index (χ1) is 5.27. The van der Waals surface area contributed by atoms with Gasteiger partial charge in [0.2, 0.25) is 0 Å². The third kappa shape index (κ3) is 1.59. The van der Waals surface area contributed by atoms with Crippen LogP contribution in [0.15, 0.2) is 0 Å². The number of carbonyl (C=O) groups excluding carboxylic acids is 1. The molecule has 0 atom stereocenters. The molecule has 2 rings (SSSR count). The van der Waals surface area contributed by atoms with E-state index in [0.717, 1.165) is 29.2 Å². The quantitative estimate of drug-likeness (QED) is 0.711. The lowest BCUT2D eigenvalue weighted by molar-refractivity contribution is -0.255. The van der Waals surface area contributed by atoms with E-state index in [2.05, 4.69) is 10.2 Å². The molecular weight excluding hydrogens is 178 g/mol. The summed E-state index contributed by atoms with van der Waals surface area (Å²) in [5.74, 6) is -0.755. The molecule has 1 heterocycles. The number of rotatable bonds is 2. The summed E-state index contributed by atoms with van der Waals surface area (Å²) < 4.78 is 0. The number of carboxylic acids is 1. The number of quaternary nitrogens is 1. The van der Waals surface area contributed by atoms with E-state index in [0.29, 0.717) is 5.92 Å². The van der Waals surface area contributed by atoms with Crippen molar-refractivity contribution in [2.24, 2.45) is 0 Å². The van der Waals surface area contributed by atoms with E-state index in [1.807, 2.05) is 0 Å². The Labute approximate surface area is 73.0 Å². The van der Waals surface area contributed by atoms with E-state index in [1.165, 1.54) is 0 Å². The van der Waals surface area contributed by atoms with Crippen LogP contribution in [0.2, 0.25) is 0 Å². The van der Waals surface area contributed by atoms with Crippen molar-refractivity contribution in [1.29, 1.82) is 0 Å². The minimum atomic E-state index is -1.23. The molecule has 0 radical (unpaired) electrons. The highest BCUT2D eigenvalue weighted by Crippen LogP contribution is 2.41. The van der Waals surface area contributed by atoms with Gasteiger partial charge in [-0.3, -0.25) is 0 Å². The first kappa shape index (κ1) is 9.08. The van der Waals surface area contributed by atoms with Gasteiger partial charge < -0.3 is 16.1 Å². The van der Waals surface area contributed by atoms with Gasteiger partial charge in [0.25, 0.3) is 0 Å². The zero-order valence-electron chi connectivity index (χ0n) is 6.61. The van der Waals surface area contributed by atoms with Gasteiger partial charge in [-0.15, -0.1) is 10.2 Å². The van der Waals surface area contributed by atoms with Gasteiger partial charge in [-0.25, -0.2) is 0 Å². The van der Waals surface area contributed by atoms with E-state index in [-0.39, 0.29) is 11.2 Å². The maximum atomic E-state index is 10.3. The molecular formula is C6H9N3O2S. The Morgan fingerprint density at radius 1 is 1.50 bits per heavy atom. The average Bonchev–Trinajstić information content (AvgIpc) is 2.68. The van der Waals surface area contributed by atoms with Crippen LogP contribution in [0.4, 0.5) is 0 Å². The monoisotopic (exact) mass is 187 g/mol. The van der Waals surface area contributed by atoms with Crippen molar-refractivity contribution in [2.45, 2.75) is 18.8 Å². The van der Waals surface area contributed by atoms with Crippen LogP contribution < -0.4 is 11.3 Å². The van der Waals surface area contributed by atoms with Gasteiger partial charge in [0.05, 0.1) is 0 Å². The lowest BCUT2D eigenvalue weighted by Gasteiger charge is -1.89. The molecule has 0 spiro atoms. The van der Waals surface area contributed by atoms with E-state index >= 15 is 0 Å². The Bertz CT molecular complexity index is 295. The lowest BCUT2D eigenvalue weighted by Crippen LogP contribution is -2.21. The summed E-state index contributed by atoms with van der Waals surface area (Å²) in [5.41, 5.74) is 0. The van der Waals surface area contributed by atoms with Crippen LogP contribution in [0.25, 0.3) is 0 Å². The molecule has 6 heteroatoms. The summed E-state index contributed by atoms with van der Waals surface area (Å²) in [6.07, 6.45) is 2.23. The van der Waals surface area contributed by atoms with Crippen molar-refractivity contribution in [3.63, 3.8) is 0 Å². The smallest absolute Gasteiger partial charge is 0.163 e. The van der Waals surface area contributed by atoms with Gasteiger partial charge in [-0.05, 0) is 12.8 Å². The third-order valence-corrected chi connectivity index (χ3v) is 2.61. The summed E-state index contributed by atoms with van der Waals surface area (Å²) in [4.78, 5) is 10.3. The van der Waals surface area contributed by atoms with Crippen LogP contribution in [0, 0.1) is 0 Å². The minimum Gasteiger partial charge on any atom is -0.542 e. The van der Waals surface area contributed by atoms with Crippen molar-refractivity contribution >= 4 is 17.3 Å². The molecule has 1 aliphatic rings. The molecule has 1 aromatic heterocycles. The molecule has 0 amide bonds. The van der Waals surface area contributed by atoms with Crippen LogP contribution >= 0.6 is 11.3 Å². The fourth-order valence-corrected chi connectivity index (χ4v) is 1.66. The zero-order valence-corrected chi connectivity index (χ0v) is 7.43. The fraction of sp³-hybridized carbons (Fsp3) is 0.500. The number of carboxylic acid groups (broad SMARTS) is 1. The molecule has 5 nitrogen and oxygen atoms in total. The Balaban J connectivity index is 0.000000720.